The van der Waals surface area contributed by atoms with Gasteiger partial charge in [0.1, 0.15) is 0 Å². The third-order valence-electron chi connectivity index (χ3n) is 3.61. The molecule has 3 rings (SSSR count). The molecule has 0 aromatic heterocycles. The Kier molecular flexibility index (Phi) is 1.76. The first kappa shape index (κ1) is 9.59. The second-order valence-corrected chi connectivity index (χ2v) is 4.98. The fourth-order valence-corrected chi connectivity index (χ4v) is 2.37. The van der Waals surface area contributed by atoms with Crippen LogP contribution in [-0.2, 0) is 0 Å². The van der Waals surface area contributed by atoms with Crippen molar-refractivity contribution >= 4 is 16.3 Å². The molecule has 1 heteroatoms. The summed E-state index contributed by atoms with van der Waals surface area (Å²) >= 11 is 0. The molecular formula is C15H15N. The Labute approximate surface area is 95.1 Å². The van der Waals surface area contributed by atoms with E-state index in [4.69, 9.17) is 4.99 Å². The summed E-state index contributed by atoms with van der Waals surface area (Å²) in [5, 5.41) is 5.02. The van der Waals surface area contributed by atoms with E-state index in [0.29, 0.717) is 0 Å². The van der Waals surface area contributed by atoms with Gasteiger partial charge in [-0.3, -0.25) is 4.99 Å². The van der Waals surface area contributed by atoms with Crippen molar-refractivity contribution in [3.05, 3.63) is 47.0 Å². The average Bonchev–Trinajstić information content (AvgIpc) is 2.51. The lowest BCUT2D eigenvalue weighted by molar-refractivity contribution is 0.668. The Bertz CT molecular complexity index is 693. The van der Waals surface area contributed by atoms with Gasteiger partial charge in [0.2, 0.25) is 0 Å². The average molecular weight is 209 g/mol. The zero-order valence-electron chi connectivity index (χ0n) is 9.91. The molecule has 0 fully saturated rings. The van der Waals surface area contributed by atoms with Crippen molar-refractivity contribution in [2.45, 2.75) is 26.3 Å². The molecule has 1 aliphatic rings. The van der Waals surface area contributed by atoms with Gasteiger partial charge in [0.05, 0.1) is 10.9 Å². The van der Waals surface area contributed by atoms with Crippen molar-refractivity contribution in [3.63, 3.8) is 0 Å². The predicted octanol–water partition coefficient (Wildman–Crippen LogP) is 2.42. The number of hydrogen-bond donors (Lipinski definition) is 0. The highest BCUT2D eigenvalue weighted by Crippen LogP contribution is 2.22. The van der Waals surface area contributed by atoms with Crippen molar-refractivity contribution in [2.75, 3.05) is 0 Å². The molecule has 80 valence electrons. The highest BCUT2D eigenvalue weighted by atomic mass is 14.9. The monoisotopic (exact) mass is 209 g/mol. The number of hydrogen-bond acceptors (Lipinski definition) is 1. The summed E-state index contributed by atoms with van der Waals surface area (Å²) in [5.41, 5.74) is 1.32. The van der Waals surface area contributed by atoms with Crippen LogP contribution in [0.3, 0.4) is 0 Å². The van der Waals surface area contributed by atoms with E-state index in [0.717, 1.165) is 0 Å². The molecule has 0 saturated carbocycles. The van der Waals surface area contributed by atoms with Gasteiger partial charge in [0.25, 0.3) is 0 Å². The Morgan fingerprint density at radius 1 is 1.00 bits per heavy atom. The smallest absolute Gasteiger partial charge is 0.0775 e. The lowest BCUT2D eigenvalue weighted by Crippen LogP contribution is -2.23. The molecular weight excluding hydrogens is 194 g/mol. The third-order valence-corrected chi connectivity index (χ3v) is 3.61. The second-order valence-electron chi connectivity index (χ2n) is 4.98. The van der Waals surface area contributed by atoms with E-state index < -0.39 is 0 Å². The van der Waals surface area contributed by atoms with Crippen LogP contribution in [0.1, 0.15) is 20.8 Å². The molecule has 2 aromatic carbocycles. The maximum Gasteiger partial charge on any atom is 0.0775 e. The molecule has 0 aliphatic carbocycles. The molecule has 0 bridgehead atoms. The van der Waals surface area contributed by atoms with E-state index in [1.807, 2.05) is 0 Å². The second kappa shape index (κ2) is 2.94. The van der Waals surface area contributed by atoms with Crippen LogP contribution in [0.25, 0.3) is 16.3 Å². The predicted molar refractivity (Wildman–Crippen MR) is 67.9 cm³/mol. The fourth-order valence-electron chi connectivity index (χ4n) is 2.37. The maximum absolute atomic E-state index is 4.86. The van der Waals surface area contributed by atoms with Gasteiger partial charge >= 0.3 is 0 Å². The largest absolute Gasteiger partial charge is 0.274 e. The van der Waals surface area contributed by atoms with Gasteiger partial charge in [-0.05, 0) is 31.7 Å². The first-order chi connectivity index (χ1) is 7.59. The summed E-state index contributed by atoms with van der Waals surface area (Å²) in [4.78, 5) is 4.86. The van der Waals surface area contributed by atoms with Crippen LogP contribution < -0.4 is 10.6 Å². The van der Waals surface area contributed by atoms with E-state index in [2.05, 4.69) is 57.2 Å². The molecule has 0 atom stereocenters. The lowest BCUT2D eigenvalue weighted by Gasteiger charge is -2.15. The SMILES string of the molecule is CC1=c2ccc3ccccc3c2=NC1(C)C. The van der Waals surface area contributed by atoms with Crippen molar-refractivity contribution in [2.24, 2.45) is 4.99 Å². The summed E-state index contributed by atoms with van der Waals surface area (Å²) in [7, 11) is 0. The standard InChI is InChI=1S/C15H15N/c1-10-12-9-8-11-6-4-5-7-13(11)14(12)16-15(10,2)3/h4-9H,1-3H3. The Balaban J connectivity index is 2.60. The molecule has 0 amide bonds. The van der Waals surface area contributed by atoms with Crippen molar-refractivity contribution in [1.82, 2.24) is 0 Å². The molecule has 0 spiro atoms. The molecule has 0 saturated heterocycles. The summed E-state index contributed by atoms with van der Waals surface area (Å²) in [6.45, 7) is 6.54. The van der Waals surface area contributed by atoms with Gasteiger partial charge in [-0.1, -0.05) is 36.4 Å². The van der Waals surface area contributed by atoms with Gasteiger partial charge in [-0.15, -0.1) is 0 Å². The topological polar surface area (TPSA) is 12.4 Å². The van der Waals surface area contributed by atoms with Gasteiger partial charge in [-0.2, -0.15) is 0 Å². The van der Waals surface area contributed by atoms with Crippen LogP contribution >= 0.6 is 0 Å². The maximum atomic E-state index is 4.86. The summed E-state index contributed by atoms with van der Waals surface area (Å²) in [6, 6.07) is 12.8. The molecule has 2 aromatic rings. The first-order valence-electron chi connectivity index (χ1n) is 5.69. The fraction of sp³-hybridized carbons (Fsp3) is 0.267. The first-order valence-corrected chi connectivity index (χ1v) is 5.69. The molecule has 16 heavy (non-hydrogen) atoms. The van der Waals surface area contributed by atoms with E-state index in [1.54, 1.807) is 0 Å². The van der Waals surface area contributed by atoms with Crippen molar-refractivity contribution < 1.29 is 0 Å². The van der Waals surface area contributed by atoms with Crippen LogP contribution in [0.5, 0.6) is 0 Å². The van der Waals surface area contributed by atoms with Crippen LogP contribution in [-0.4, -0.2) is 5.54 Å². The summed E-state index contributed by atoms with van der Waals surface area (Å²) < 4.78 is 0. The Morgan fingerprint density at radius 3 is 2.56 bits per heavy atom. The molecule has 0 unspecified atom stereocenters. The Morgan fingerprint density at radius 2 is 1.75 bits per heavy atom. The van der Waals surface area contributed by atoms with Gasteiger partial charge in [-0.25, -0.2) is 0 Å². The van der Waals surface area contributed by atoms with Gasteiger partial charge in [0.15, 0.2) is 0 Å². The van der Waals surface area contributed by atoms with Crippen LogP contribution in [0.15, 0.2) is 41.4 Å². The number of fused-ring (bicyclic) bond motifs is 3. The van der Waals surface area contributed by atoms with E-state index >= 15 is 0 Å². The number of benzene rings is 2. The van der Waals surface area contributed by atoms with E-state index in [9.17, 15) is 0 Å². The third kappa shape index (κ3) is 1.15. The molecule has 1 heterocycles. The normalized spacial score (nSPS) is 17.3. The quantitative estimate of drug-likeness (QED) is 0.632. The molecule has 0 N–H and O–H groups in total. The van der Waals surface area contributed by atoms with Gasteiger partial charge in [0, 0.05) is 10.6 Å². The molecule has 1 aliphatic heterocycles. The van der Waals surface area contributed by atoms with E-state index in [-0.39, 0.29) is 5.54 Å². The lowest BCUT2D eigenvalue weighted by atomic mass is 9.96. The van der Waals surface area contributed by atoms with Gasteiger partial charge < -0.3 is 0 Å². The zero-order valence-corrected chi connectivity index (χ0v) is 9.91. The van der Waals surface area contributed by atoms with Crippen LogP contribution in [0, 0.1) is 0 Å². The van der Waals surface area contributed by atoms with Crippen LogP contribution in [0.2, 0.25) is 0 Å². The van der Waals surface area contributed by atoms with Crippen LogP contribution in [0.4, 0.5) is 0 Å². The number of nitrogens with zero attached hydrogens (tertiary/aromatic N) is 1. The summed E-state index contributed by atoms with van der Waals surface area (Å²) in [5.74, 6) is 0. The van der Waals surface area contributed by atoms with Crippen molar-refractivity contribution in [3.8, 4) is 0 Å². The zero-order chi connectivity index (χ0) is 11.3. The number of rotatable bonds is 0. The highest BCUT2D eigenvalue weighted by Gasteiger charge is 2.24. The molecule has 0 radical (unpaired) electrons. The molecule has 1 nitrogen and oxygen atoms in total. The minimum Gasteiger partial charge on any atom is -0.274 e. The minimum absolute atomic E-state index is 0.0491. The Hall–Kier alpha value is -1.63. The van der Waals surface area contributed by atoms with E-state index in [1.165, 1.54) is 26.9 Å². The minimum atomic E-state index is -0.0491. The highest BCUT2D eigenvalue weighted by molar-refractivity contribution is 5.83. The van der Waals surface area contributed by atoms with Crippen molar-refractivity contribution in [1.29, 1.82) is 0 Å². The summed E-state index contributed by atoms with van der Waals surface area (Å²) in [6.07, 6.45) is 0.